The van der Waals surface area contributed by atoms with Gasteiger partial charge >= 0.3 is 18.0 Å². The summed E-state index contributed by atoms with van der Waals surface area (Å²) in [4.78, 5) is 27.5. The number of carbonyl (C=O) groups excluding carboxylic acids is 2. The third-order valence-electron chi connectivity index (χ3n) is 9.21. The first-order chi connectivity index (χ1) is 20.9. The van der Waals surface area contributed by atoms with Crippen LogP contribution in [0.5, 0.6) is 0 Å². The topological polar surface area (TPSA) is 201 Å². The number of carbonyl (C=O) groups is 2. The van der Waals surface area contributed by atoms with Crippen LogP contribution in [0.1, 0.15) is 90.4 Å². The van der Waals surface area contributed by atoms with E-state index in [9.17, 15) is 19.8 Å². The summed E-state index contributed by atoms with van der Waals surface area (Å²) in [6.07, 6.45) is 12.1. The Labute approximate surface area is 262 Å². The number of hydrogen-bond acceptors (Lipinski definition) is 9. The fourth-order valence-electron chi connectivity index (χ4n) is 6.62. The monoisotopic (exact) mass is 626 g/mol. The Balaban J connectivity index is 1.19. The van der Waals surface area contributed by atoms with Crippen LogP contribution < -0.4 is 37.7 Å². The minimum atomic E-state index is -2.09. The molecule has 0 aromatic carbocycles. The molecule has 3 heterocycles. The highest BCUT2D eigenvalue weighted by atomic mass is 16.5. The van der Waals surface area contributed by atoms with E-state index in [0.29, 0.717) is 26.1 Å². The molecular formula is C30H60N9O5+3. The zero-order chi connectivity index (χ0) is 32.2. The Morgan fingerprint density at radius 2 is 1.64 bits per heavy atom. The standard InChI is InChI=1S/C30H57N9O5/c1-4-5-6-13-20-39(2,3)21-14-9-10-15-24(40)33-17-11-7-8-12-18-34-28(41)44-22-23-25-30(37-26(31)36-25)29(42,43)16-19-38(30)27(32)35-23/h23,25,42-43H,4-22H2,1-3H3,(H6-,31,32,33,34,35,36,37,40,41)/p+3/t23-,25-,30-/m0/s1. The average Bonchev–Trinajstić information content (AvgIpc) is 3.46. The molecule has 3 rings (SSSR count). The molecule has 0 unspecified atom stereocenters. The van der Waals surface area contributed by atoms with Gasteiger partial charge in [-0.05, 0) is 44.9 Å². The maximum absolute atomic E-state index is 12.3. The minimum Gasteiger partial charge on any atom is -0.446 e. The van der Waals surface area contributed by atoms with Crippen molar-refractivity contribution in [2.75, 3.05) is 53.4 Å². The van der Waals surface area contributed by atoms with E-state index >= 15 is 0 Å². The van der Waals surface area contributed by atoms with Crippen LogP contribution in [0.25, 0.3) is 0 Å². The smallest absolute Gasteiger partial charge is 0.407 e. The Bertz CT molecular complexity index is 1020. The van der Waals surface area contributed by atoms with Gasteiger partial charge in [0.05, 0.1) is 33.7 Å². The van der Waals surface area contributed by atoms with Gasteiger partial charge in [-0.1, -0.05) is 32.6 Å². The molecule has 2 amide bonds. The second-order valence-electron chi connectivity index (χ2n) is 13.3. The van der Waals surface area contributed by atoms with Crippen molar-refractivity contribution >= 4 is 23.9 Å². The van der Waals surface area contributed by atoms with Crippen molar-refractivity contribution in [2.24, 2.45) is 11.5 Å². The molecule has 0 radical (unpaired) electrons. The summed E-state index contributed by atoms with van der Waals surface area (Å²) in [5, 5.41) is 33.3. The van der Waals surface area contributed by atoms with Crippen molar-refractivity contribution in [3.8, 4) is 0 Å². The first kappa shape index (κ1) is 35.6. The Morgan fingerprint density at radius 3 is 2.32 bits per heavy atom. The molecule has 14 heteroatoms. The highest BCUT2D eigenvalue weighted by molar-refractivity contribution is 5.78. The maximum Gasteiger partial charge on any atom is 0.407 e. The van der Waals surface area contributed by atoms with Gasteiger partial charge in [0, 0.05) is 25.9 Å². The number of quaternary nitrogens is 1. The molecule has 0 aromatic rings. The average molecular weight is 627 g/mol. The van der Waals surface area contributed by atoms with Crippen molar-refractivity contribution in [2.45, 2.75) is 114 Å². The molecule has 0 saturated carbocycles. The van der Waals surface area contributed by atoms with Crippen molar-refractivity contribution in [3.05, 3.63) is 0 Å². The summed E-state index contributed by atoms with van der Waals surface area (Å²) in [6, 6.07) is -1.16. The van der Waals surface area contributed by atoms with Gasteiger partial charge in [0.25, 0.3) is 5.66 Å². The van der Waals surface area contributed by atoms with Gasteiger partial charge in [-0.3, -0.25) is 26.6 Å². The van der Waals surface area contributed by atoms with Crippen LogP contribution in [0.4, 0.5) is 4.79 Å². The Hall–Kier alpha value is -2.84. The van der Waals surface area contributed by atoms with E-state index < -0.39 is 29.6 Å². The van der Waals surface area contributed by atoms with Crippen molar-refractivity contribution in [1.82, 2.24) is 21.3 Å². The Morgan fingerprint density at radius 1 is 1.00 bits per heavy atom. The highest BCUT2D eigenvalue weighted by Gasteiger charge is 2.74. The number of nitrogens with one attached hydrogen (secondary N) is 5. The van der Waals surface area contributed by atoms with Gasteiger partial charge in [0.15, 0.2) is 6.04 Å². The number of guanidine groups is 2. The first-order valence-electron chi connectivity index (χ1n) is 16.7. The van der Waals surface area contributed by atoms with Crippen molar-refractivity contribution in [1.29, 1.82) is 0 Å². The summed E-state index contributed by atoms with van der Waals surface area (Å²) in [5.74, 6) is -1.51. The van der Waals surface area contributed by atoms with Crippen molar-refractivity contribution in [3.63, 3.8) is 0 Å². The summed E-state index contributed by atoms with van der Waals surface area (Å²) in [5.41, 5.74) is 10.8. The lowest BCUT2D eigenvalue weighted by Crippen LogP contribution is -2.91. The zero-order valence-corrected chi connectivity index (χ0v) is 27.3. The van der Waals surface area contributed by atoms with Crippen molar-refractivity contribution < 1.29 is 38.6 Å². The number of ether oxygens (including phenoxy) is 1. The van der Waals surface area contributed by atoms with Crippen LogP contribution in [0, 0.1) is 0 Å². The van der Waals surface area contributed by atoms with Crippen LogP contribution in [-0.4, -0.2) is 120 Å². The molecule has 0 bridgehead atoms. The first-order valence-corrected chi connectivity index (χ1v) is 16.7. The van der Waals surface area contributed by atoms with E-state index in [4.69, 9.17) is 16.2 Å². The summed E-state index contributed by atoms with van der Waals surface area (Å²) in [7, 11) is 4.62. The largest absolute Gasteiger partial charge is 0.446 e. The summed E-state index contributed by atoms with van der Waals surface area (Å²) >= 11 is 0. The highest BCUT2D eigenvalue weighted by Crippen LogP contribution is 2.36. The zero-order valence-electron chi connectivity index (χ0n) is 27.3. The molecule has 1 saturated heterocycles. The fourth-order valence-corrected chi connectivity index (χ4v) is 6.62. The van der Waals surface area contributed by atoms with E-state index in [2.05, 4.69) is 47.3 Å². The summed E-state index contributed by atoms with van der Waals surface area (Å²) in [6.45, 7) is 6.07. The SMILES string of the molecule is CCCCCC[N+](C)(C)CCCCCC(=O)NCCCCCCNC(=O)OC[C@@H]1NC(N)=[N+]2CCC(O)(O)[C@@]23NC(N)=[NH+][C@@H]13. The minimum absolute atomic E-state index is 0.0547. The normalized spacial score (nSPS) is 23.7. The third-order valence-corrected chi connectivity index (χ3v) is 9.21. The number of alkyl carbamates (subject to hydrolysis) is 1. The van der Waals surface area contributed by atoms with Gasteiger partial charge in [0.1, 0.15) is 12.6 Å². The van der Waals surface area contributed by atoms with E-state index in [1.165, 1.54) is 38.8 Å². The fraction of sp³-hybridized carbons (Fsp3) is 0.867. The molecule has 1 fully saturated rings. The Kier molecular flexibility index (Phi) is 13.3. The van der Waals surface area contributed by atoms with Crippen LogP contribution >= 0.6 is 0 Å². The molecule has 3 aliphatic heterocycles. The molecule has 0 aromatic heterocycles. The van der Waals surface area contributed by atoms with Gasteiger partial charge in [-0.25, -0.2) is 14.7 Å². The lowest BCUT2D eigenvalue weighted by molar-refractivity contribution is -0.890. The number of nitrogens with two attached hydrogens (primary N) is 2. The number of aliphatic hydroxyl groups is 2. The molecule has 14 nitrogen and oxygen atoms in total. The van der Waals surface area contributed by atoms with Gasteiger partial charge in [-0.15, -0.1) is 0 Å². The molecule has 44 heavy (non-hydrogen) atoms. The van der Waals surface area contributed by atoms with Crippen LogP contribution in [0.3, 0.4) is 0 Å². The molecule has 3 atom stereocenters. The van der Waals surface area contributed by atoms with Crippen LogP contribution in [0.2, 0.25) is 0 Å². The maximum atomic E-state index is 12.3. The van der Waals surface area contributed by atoms with Gasteiger partial charge < -0.3 is 30.1 Å². The molecule has 11 N–H and O–H groups in total. The van der Waals surface area contributed by atoms with Crippen LogP contribution in [-0.2, 0) is 9.53 Å². The lowest BCUT2D eigenvalue weighted by Gasteiger charge is -2.40. The number of hydrogen-bond donors (Lipinski definition) is 9. The van der Waals surface area contributed by atoms with Gasteiger partial charge in [-0.2, -0.15) is 0 Å². The second kappa shape index (κ2) is 16.5. The third kappa shape index (κ3) is 9.58. The quantitative estimate of drug-likeness (QED) is 0.0319. The van der Waals surface area contributed by atoms with E-state index in [1.54, 1.807) is 4.58 Å². The molecular weight excluding hydrogens is 566 g/mol. The lowest BCUT2D eigenvalue weighted by atomic mass is 9.87. The molecule has 252 valence electrons. The molecule has 1 spiro atoms. The molecule has 0 aliphatic carbocycles. The molecule has 3 aliphatic rings. The number of unbranched alkanes of at least 4 members (excludes halogenated alkanes) is 8. The summed E-state index contributed by atoms with van der Waals surface area (Å²) < 4.78 is 8.13. The number of amides is 2. The number of nitrogens with zero attached hydrogens (tertiary/aromatic N) is 2. The van der Waals surface area contributed by atoms with E-state index in [-0.39, 0.29) is 30.9 Å². The van der Waals surface area contributed by atoms with Gasteiger partial charge in [0.2, 0.25) is 11.7 Å². The second-order valence-corrected chi connectivity index (χ2v) is 13.3. The predicted octanol–water partition coefficient (Wildman–Crippen LogP) is -1.95. The van der Waals surface area contributed by atoms with E-state index in [0.717, 1.165) is 49.4 Å². The van der Waals surface area contributed by atoms with Crippen LogP contribution in [0.15, 0.2) is 0 Å². The predicted molar refractivity (Wildman–Crippen MR) is 168 cm³/mol. The number of rotatable bonds is 20. The van der Waals surface area contributed by atoms with E-state index in [1.807, 2.05) is 0 Å².